The first-order chi connectivity index (χ1) is 8.26. The highest BCUT2D eigenvalue weighted by atomic mass is 16.1. The van der Waals surface area contributed by atoms with Gasteiger partial charge in [0.15, 0.2) is 0 Å². The van der Waals surface area contributed by atoms with Gasteiger partial charge in [0, 0.05) is 44.7 Å². The molecule has 0 aromatic carbocycles. The number of carbonyl (C=O) groups excluding carboxylic acids is 1. The molecule has 4 nitrogen and oxygen atoms in total. The Bertz CT molecular complexity index is 307. The fraction of sp³-hybridized carbons (Fsp3) is 0.786. The van der Waals surface area contributed by atoms with Gasteiger partial charge in [0.25, 0.3) is 0 Å². The quantitative estimate of drug-likeness (QED) is 0.722. The van der Waals surface area contributed by atoms with Crippen LogP contribution in [-0.4, -0.2) is 48.6 Å². The lowest BCUT2D eigenvalue weighted by Gasteiger charge is -2.23. The average molecular weight is 253 g/mol. The molecule has 0 saturated carbocycles. The summed E-state index contributed by atoms with van der Waals surface area (Å²) in [6, 6.07) is 0.311. The maximum absolute atomic E-state index is 11.0. The van der Waals surface area contributed by atoms with E-state index >= 15 is 0 Å². The lowest BCUT2D eigenvalue weighted by Crippen LogP contribution is -2.39. The van der Waals surface area contributed by atoms with Gasteiger partial charge in [-0.1, -0.05) is 6.58 Å². The van der Waals surface area contributed by atoms with Crippen molar-refractivity contribution in [1.29, 1.82) is 0 Å². The Hall–Kier alpha value is -0.870. The summed E-state index contributed by atoms with van der Waals surface area (Å²) in [5.74, 6) is 0.0649. The number of nitrogens with zero attached hydrogens (tertiary/aromatic N) is 1. The van der Waals surface area contributed by atoms with Gasteiger partial charge in [-0.2, -0.15) is 0 Å². The second-order valence-corrected chi connectivity index (χ2v) is 6.27. The van der Waals surface area contributed by atoms with Crippen LogP contribution in [0.25, 0.3) is 0 Å². The van der Waals surface area contributed by atoms with Crippen LogP contribution >= 0.6 is 0 Å². The second-order valence-electron chi connectivity index (χ2n) is 6.27. The summed E-state index contributed by atoms with van der Waals surface area (Å²) in [7, 11) is 0. The molecule has 1 unspecified atom stereocenters. The molecule has 1 saturated heterocycles. The topological polar surface area (TPSA) is 44.4 Å². The first-order valence-corrected chi connectivity index (χ1v) is 6.67. The molecule has 1 aliphatic heterocycles. The van der Waals surface area contributed by atoms with Crippen LogP contribution in [0.5, 0.6) is 0 Å². The molecular formula is C14H27N3O. The summed E-state index contributed by atoms with van der Waals surface area (Å²) < 4.78 is 0. The number of nitrogens with one attached hydrogen (secondary N) is 2. The van der Waals surface area contributed by atoms with E-state index in [1.54, 1.807) is 6.92 Å². The SMILES string of the molecule is C=C(CNC(C)(C)C)CN1CCC(NC(C)=O)C1. The molecule has 104 valence electrons. The van der Waals surface area contributed by atoms with Gasteiger partial charge in [-0.05, 0) is 32.8 Å². The lowest BCUT2D eigenvalue weighted by molar-refractivity contribution is -0.119. The standard InChI is InChI=1S/C14H27N3O/c1-11(8-15-14(3,4)5)9-17-7-6-13(10-17)16-12(2)18/h13,15H,1,6-10H2,2-5H3,(H,16,18). The number of rotatable bonds is 5. The zero-order chi connectivity index (χ0) is 13.8. The molecule has 0 bridgehead atoms. The van der Waals surface area contributed by atoms with Crippen molar-refractivity contribution in [2.45, 2.75) is 45.7 Å². The Morgan fingerprint density at radius 1 is 1.44 bits per heavy atom. The van der Waals surface area contributed by atoms with Crippen molar-refractivity contribution in [2.24, 2.45) is 0 Å². The van der Waals surface area contributed by atoms with E-state index in [-0.39, 0.29) is 11.4 Å². The Morgan fingerprint density at radius 3 is 2.67 bits per heavy atom. The van der Waals surface area contributed by atoms with Gasteiger partial charge in [-0.3, -0.25) is 9.69 Å². The van der Waals surface area contributed by atoms with E-state index in [4.69, 9.17) is 0 Å². The average Bonchev–Trinajstić information content (AvgIpc) is 2.60. The molecule has 1 amide bonds. The molecule has 0 aromatic rings. The summed E-state index contributed by atoms with van der Waals surface area (Å²) in [5, 5.41) is 6.42. The van der Waals surface area contributed by atoms with E-state index in [2.05, 4.69) is 42.9 Å². The predicted molar refractivity (Wildman–Crippen MR) is 75.6 cm³/mol. The number of carbonyl (C=O) groups is 1. The molecule has 0 aromatic heterocycles. The molecule has 1 rings (SSSR count). The summed E-state index contributed by atoms with van der Waals surface area (Å²) >= 11 is 0. The second kappa shape index (κ2) is 6.34. The van der Waals surface area contributed by atoms with Crippen molar-refractivity contribution < 1.29 is 4.79 Å². The van der Waals surface area contributed by atoms with Gasteiger partial charge in [-0.25, -0.2) is 0 Å². The molecule has 1 heterocycles. The van der Waals surface area contributed by atoms with Crippen LogP contribution in [0, 0.1) is 0 Å². The maximum Gasteiger partial charge on any atom is 0.217 e. The van der Waals surface area contributed by atoms with Crippen LogP contribution in [0.3, 0.4) is 0 Å². The molecule has 1 atom stereocenters. The van der Waals surface area contributed by atoms with Gasteiger partial charge in [0.1, 0.15) is 0 Å². The van der Waals surface area contributed by atoms with E-state index in [1.165, 1.54) is 5.57 Å². The minimum atomic E-state index is 0.0649. The van der Waals surface area contributed by atoms with Crippen LogP contribution in [0.1, 0.15) is 34.1 Å². The van der Waals surface area contributed by atoms with E-state index in [9.17, 15) is 4.79 Å². The lowest BCUT2D eigenvalue weighted by atomic mass is 10.1. The molecule has 0 radical (unpaired) electrons. The van der Waals surface area contributed by atoms with Crippen LogP contribution in [0.15, 0.2) is 12.2 Å². The van der Waals surface area contributed by atoms with Gasteiger partial charge < -0.3 is 10.6 Å². The Balaban J connectivity index is 2.24. The van der Waals surface area contributed by atoms with Gasteiger partial charge in [-0.15, -0.1) is 0 Å². The zero-order valence-electron chi connectivity index (χ0n) is 12.2. The molecule has 0 aliphatic carbocycles. The van der Waals surface area contributed by atoms with Crippen LogP contribution in [0.4, 0.5) is 0 Å². The highest BCUT2D eigenvalue weighted by molar-refractivity contribution is 5.73. The molecule has 1 aliphatic rings. The minimum Gasteiger partial charge on any atom is -0.352 e. The first-order valence-electron chi connectivity index (χ1n) is 6.67. The first kappa shape index (κ1) is 15.2. The molecule has 1 fully saturated rings. The number of amides is 1. The third-order valence-electron chi connectivity index (χ3n) is 3.00. The minimum absolute atomic E-state index is 0.0649. The summed E-state index contributed by atoms with van der Waals surface area (Å²) in [5.41, 5.74) is 1.33. The van der Waals surface area contributed by atoms with Crippen molar-refractivity contribution >= 4 is 5.91 Å². The third-order valence-corrected chi connectivity index (χ3v) is 3.00. The fourth-order valence-corrected chi connectivity index (χ4v) is 2.14. The van der Waals surface area contributed by atoms with Crippen LogP contribution in [0.2, 0.25) is 0 Å². The molecule has 18 heavy (non-hydrogen) atoms. The smallest absolute Gasteiger partial charge is 0.217 e. The van der Waals surface area contributed by atoms with E-state index in [1.807, 2.05) is 0 Å². The highest BCUT2D eigenvalue weighted by Gasteiger charge is 2.23. The number of hydrogen-bond donors (Lipinski definition) is 2. The predicted octanol–water partition coefficient (Wildman–Crippen LogP) is 1.14. The Kier molecular flexibility index (Phi) is 5.35. The largest absolute Gasteiger partial charge is 0.352 e. The molecular weight excluding hydrogens is 226 g/mol. The summed E-state index contributed by atoms with van der Waals surface area (Å²) in [6.07, 6.45) is 1.04. The molecule has 4 heteroatoms. The number of hydrogen-bond acceptors (Lipinski definition) is 3. The normalized spacial score (nSPS) is 21.0. The zero-order valence-corrected chi connectivity index (χ0v) is 12.2. The van der Waals surface area contributed by atoms with Gasteiger partial charge >= 0.3 is 0 Å². The molecule has 0 spiro atoms. The summed E-state index contributed by atoms with van der Waals surface area (Å²) in [6.45, 7) is 15.9. The number of likely N-dealkylation sites (tertiary alicyclic amines) is 1. The maximum atomic E-state index is 11.0. The van der Waals surface area contributed by atoms with Crippen molar-refractivity contribution in [2.75, 3.05) is 26.2 Å². The molecule has 2 N–H and O–H groups in total. The summed E-state index contributed by atoms with van der Waals surface area (Å²) in [4.78, 5) is 13.3. The van der Waals surface area contributed by atoms with E-state index < -0.39 is 0 Å². The van der Waals surface area contributed by atoms with Crippen molar-refractivity contribution in [3.63, 3.8) is 0 Å². The monoisotopic (exact) mass is 253 g/mol. The fourth-order valence-electron chi connectivity index (χ4n) is 2.14. The van der Waals surface area contributed by atoms with Crippen LogP contribution in [-0.2, 0) is 4.79 Å². The van der Waals surface area contributed by atoms with Crippen molar-refractivity contribution in [3.8, 4) is 0 Å². The van der Waals surface area contributed by atoms with Gasteiger partial charge in [0.2, 0.25) is 5.91 Å². The Morgan fingerprint density at radius 2 is 2.11 bits per heavy atom. The van der Waals surface area contributed by atoms with Crippen molar-refractivity contribution in [1.82, 2.24) is 15.5 Å². The van der Waals surface area contributed by atoms with E-state index in [0.717, 1.165) is 32.6 Å². The highest BCUT2D eigenvalue weighted by Crippen LogP contribution is 2.11. The Labute approximate surface area is 111 Å². The van der Waals surface area contributed by atoms with E-state index in [0.29, 0.717) is 6.04 Å². The van der Waals surface area contributed by atoms with Gasteiger partial charge in [0.05, 0.1) is 0 Å². The van der Waals surface area contributed by atoms with Crippen LogP contribution < -0.4 is 10.6 Å². The third kappa shape index (κ3) is 6.17. The van der Waals surface area contributed by atoms with Crippen molar-refractivity contribution in [3.05, 3.63) is 12.2 Å².